The fourth-order valence-corrected chi connectivity index (χ4v) is 7.58. The molecule has 0 saturated carbocycles. The maximum atomic E-state index is 5.58. The molecule has 0 aliphatic heterocycles. The third kappa shape index (κ3) is 4.44. The van der Waals surface area contributed by atoms with Gasteiger partial charge in [-0.05, 0) is 44.0 Å². The van der Waals surface area contributed by atoms with Crippen molar-refractivity contribution in [2.75, 3.05) is 0 Å². The predicted molar refractivity (Wildman–Crippen MR) is 140 cm³/mol. The van der Waals surface area contributed by atoms with E-state index < -0.39 is 7.05 Å². The van der Waals surface area contributed by atoms with Crippen LogP contribution < -0.4 is 15.9 Å². The molecule has 0 atom stereocenters. The van der Waals surface area contributed by atoms with Crippen LogP contribution in [0.1, 0.15) is 5.56 Å². The summed E-state index contributed by atoms with van der Waals surface area (Å²) in [5, 5.41) is 3.71. The number of nitrogens with zero attached hydrogens (tertiary/aromatic N) is 1. The highest BCUT2D eigenvalue weighted by molar-refractivity contribution is 9.28. The molecular weight excluding hydrogens is 517 g/mol. The van der Waals surface area contributed by atoms with Crippen LogP contribution in [0, 0.1) is 0 Å². The molecule has 0 spiro atoms. The Kier molecular flexibility index (Phi) is 6.84. The molecule has 0 aliphatic rings. The van der Waals surface area contributed by atoms with Crippen molar-refractivity contribution in [3.05, 3.63) is 124 Å². The Labute approximate surface area is 194 Å². The lowest BCUT2D eigenvalue weighted by molar-refractivity contribution is 1.52. The van der Waals surface area contributed by atoms with Crippen LogP contribution in [-0.2, 0) is 0 Å². The van der Waals surface area contributed by atoms with Crippen molar-refractivity contribution in [3.63, 3.8) is 0 Å². The van der Waals surface area contributed by atoms with E-state index in [1.165, 1.54) is 15.9 Å². The van der Waals surface area contributed by atoms with Gasteiger partial charge in [-0.1, -0.05) is 109 Å². The van der Waals surface area contributed by atoms with E-state index in [1.54, 1.807) is 0 Å². The summed E-state index contributed by atoms with van der Waals surface area (Å²) < 4.78 is 6.47. The lowest BCUT2D eigenvalue weighted by Gasteiger charge is -2.27. The van der Waals surface area contributed by atoms with E-state index in [0.29, 0.717) is 0 Å². The van der Waals surface area contributed by atoms with Gasteiger partial charge in [0.2, 0.25) is 0 Å². The van der Waals surface area contributed by atoms with Crippen LogP contribution in [0.4, 0.5) is 5.69 Å². The van der Waals surface area contributed by atoms with Crippen molar-refractivity contribution in [2.45, 2.75) is 0 Å². The molecule has 148 valence electrons. The topological polar surface area (TPSA) is 12.4 Å². The van der Waals surface area contributed by atoms with Gasteiger partial charge in [0.05, 0.1) is 16.1 Å². The molecule has 0 bridgehead atoms. The molecule has 0 heterocycles. The average Bonchev–Trinajstić information content (AvgIpc) is 2.80. The largest absolute Gasteiger partial charge is 0.253 e. The Morgan fingerprint density at radius 3 is 1.40 bits per heavy atom. The fourth-order valence-electron chi connectivity index (χ4n) is 3.53. The highest BCUT2D eigenvalue weighted by atomic mass is 79.9. The van der Waals surface area contributed by atoms with E-state index in [9.17, 15) is 0 Å². The molecule has 4 aromatic carbocycles. The minimum Gasteiger partial charge on any atom is -0.253 e. The van der Waals surface area contributed by atoms with Crippen LogP contribution in [0.15, 0.2) is 123 Å². The Morgan fingerprint density at radius 1 is 0.567 bits per heavy atom. The average molecular weight is 537 g/mol. The van der Waals surface area contributed by atoms with Gasteiger partial charge in [-0.3, -0.25) is 4.74 Å². The maximum Gasteiger partial charge on any atom is 0.0698 e. The number of hydrogen-bond donors (Lipinski definition) is 0. The second-order valence-electron chi connectivity index (χ2n) is 6.73. The van der Waals surface area contributed by atoms with Gasteiger partial charge in [0.1, 0.15) is 0 Å². The Bertz CT molecular complexity index is 1100. The number of rotatable bonds is 5. The Morgan fingerprint density at radius 2 is 0.967 bits per heavy atom. The van der Waals surface area contributed by atoms with E-state index in [0.717, 1.165) is 14.6 Å². The van der Waals surface area contributed by atoms with Crippen molar-refractivity contribution in [3.8, 4) is 0 Å². The SMILES string of the molecule is BrC(Br)=Cc1ccccc1N=P(c1ccccc1)(c1ccccc1)c1ccccc1. The lowest BCUT2D eigenvalue weighted by Crippen LogP contribution is -2.25. The first-order chi connectivity index (χ1) is 14.7. The van der Waals surface area contributed by atoms with E-state index >= 15 is 0 Å². The van der Waals surface area contributed by atoms with Gasteiger partial charge >= 0.3 is 0 Å². The van der Waals surface area contributed by atoms with Gasteiger partial charge in [-0.25, -0.2) is 0 Å². The highest BCUT2D eigenvalue weighted by Crippen LogP contribution is 2.49. The van der Waals surface area contributed by atoms with Crippen molar-refractivity contribution in [1.82, 2.24) is 0 Å². The molecule has 0 aromatic heterocycles. The third-order valence-corrected chi connectivity index (χ3v) is 8.96. The summed E-state index contributed by atoms with van der Waals surface area (Å²) in [7, 11) is -2.28. The second-order valence-corrected chi connectivity index (χ2v) is 12.5. The zero-order valence-corrected chi connectivity index (χ0v) is 20.3. The van der Waals surface area contributed by atoms with Crippen LogP contribution in [0.5, 0.6) is 0 Å². The molecule has 4 heteroatoms. The quantitative estimate of drug-likeness (QED) is 0.233. The minimum absolute atomic E-state index is 0.890. The van der Waals surface area contributed by atoms with Gasteiger partial charge < -0.3 is 0 Å². The monoisotopic (exact) mass is 535 g/mol. The summed E-state index contributed by atoms with van der Waals surface area (Å²) in [5.41, 5.74) is 2.03. The summed E-state index contributed by atoms with van der Waals surface area (Å²) >= 11 is 7.01. The van der Waals surface area contributed by atoms with E-state index in [4.69, 9.17) is 4.74 Å². The van der Waals surface area contributed by atoms with Gasteiger partial charge in [0.25, 0.3) is 0 Å². The molecule has 0 fully saturated rings. The normalized spacial score (nSPS) is 11.0. The first-order valence-electron chi connectivity index (χ1n) is 9.61. The molecule has 30 heavy (non-hydrogen) atoms. The van der Waals surface area contributed by atoms with E-state index in [-0.39, 0.29) is 0 Å². The molecule has 0 aliphatic carbocycles. The van der Waals surface area contributed by atoms with E-state index in [2.05, 4.69) is 141 Å². The van der Waals surface area contributed by atoms with Gasteiger partial charge in [0, 0.05) is 21.5 Å². The van der Waals surface area contributed by atoms with Crippen molar-refractivity contribution < 1.29 is 0 Å². The molecule has 4 aromatic rings. The summed E-state index contributed by atoms with van der Waals surface area (Å²) in [6, 6.07) is 40.3. The smallest absolute Gasteiger partial charge is 0.0698 e. The van der Waals surface area contributed by atoms with Crippen molar-refractivity contribution in [2.24, 2.45) is 4.74 Å². The van der Waals surface area contributed by atoms with Crippen molar-refractivity contribution in [1.29, 1.82) is 0 Å². The summed E-state index contributed by atoms with van der Waals surface area (Å²) in [5.74, 6) is 0. The third-order valence-electron chi connectivity index (χ3n) is 4.85. The number of hydrogen-bond acceptors (Lipinski definition) is 1. The van der Waals surface area contributed by atoms with Crippen molar-refractivity contribution >= 4 is 66.6 Å². The lowest BCUT2D eigenvalue weighted by atomic mass is 10.2. The van der Waals surface area contributed by atoms with Crippen LogP contribution in [-0.4, -0.2) is 0 Å². The van der Waals surface area contributed by atoms with Gasteiger partial charge in [0.15, 0.2) is 0 Å². The van der Waals surface area contributed by atoms with Crippen LogP contribution >= 0.6 is 38.9 Å². The summed E-state index contributed by atoms with van der Waals surface area (Å²) in [4.78, 5) is 0. The number of halogens is 2. The molecule has 4 rings (SSSR count). The first kappa shape index (κ1) is 21.1. The molecule has 0 N–H and O–H groups in total. The minimum atomic E-state index is -2.28. The Balaban J connectivity index is 2.15. The molecule has 1 nitrogen and oxygen atoms in total. The molecule has 0 amide bonds. The first-order valence-corrected chi connectivity index (χ1v) is 12.9. The fraction of sp³-hybridized carbons (Fsp3) is 0. The zero-order valence-electron chi connectivity index (χ0n) is 16.2. The zero-order chi connectivity index (χ0) is 20.8. The van der Waals surface area contributed by atoms with Gasteiger partial charge in [-0.2, -0.15) is 0 Å². The molecule has 0 unspecified atom stereocenters. The molecule has 0 radical (unpaired) electrons. The number of benzene rings is 4. The molecular formula is C26H20Br2NP. The summed E-state index contributed by atoms with van der Waals surface area (Å²) in [6.07, 6.45) is 2.05. The highest BCUT2D eigenvalue weighted by Gasteiger charge is 2.27. The Hall–Kier alpha value is -2.19. The van der Waals surface area contributed by atoms with E-state index in [1.807, 2.05) is 12.1 Å². The second kappa shape index (κ2) is 9.75. The van der Waals surface area contributed by atoms with Crippen LogP contribution in [0.3, 0.4) is 0 Å². The standard InChI is InChI=1S/C26H20Br2NP/c27-26(28)20-21-12-10-11-19-25(21)29-30(22-13-4-1-5-14-22,23-15-6-2-7-16-23)24-17-8-3-9-18-24/h1-20H. The summed E-state index contributed by atoms with van der Waals surface area (Å²) in [6.45, 7) is 0. The van der Waals surface area contributed by atoms with Gasteiger partial charge in [-0.15, -0.1) is 0 Å². The predicted octanol–water partition coefficient (Wildman–Crippen LogP) is 7.58. The van der Waals surface area contributed by atoms with Crippen LogP contribution in [0.25, 0.3) is 6.08 Å². The molecule has 0 saturated heterocycles. The van der Waals surface area contributed by atoms with Crippen LogP contribution in [0.2, 0.25) is 0 Å². The maximum absolute atomic E-state index is 5.58.